The summed E-state index contributed by atoms with van der Waals surface area (Å²) in [5.74, 6) is -0.783. The first-order valence-corrected chi connectivity index (χ1v) is 6.73. The van der Waals surface area contributed by atoms with Crippen molar-refractivity contribution in [1.29, 1.82) is 0 Å². The van der Waals surface area contributed by atoms with E-state index in [1.54, 1.807) is 31.4 Å². The van der Waals surface area contributed by atoms with E-state index in [4.69, 9.17) is 10.5 Å². The summed E-state index contributed by atoms with van der Waals surface area (Å²) in [6.45, 7) is 3.69. The van der Waals surface area contributed by atoms with E-state index in [9.17, 15) is 9.18 Å². The maximum Gasteiger partial charge on any atom is 0.341 e. The number of hydrogen-bond donors (Lipinski definition) is 1. The van der Waals surface area contributed by atoms with Gasteiger partial charge in [0.15, 0.2) is 0 Å². The van der Waals surface area contributed by atoms with Crippen LogP contribution in [0.1, 0.15) is 22.8 Å². The number of halogens is 1. The maximum absolute atomic E-state index is 13.6. The monoisotopic (exact) mass is 279 g/mol. The maximum atomic E-state index is 13.6. The van der Waals surface area contributed by atoms with Crippen LogP contribution in [0.3, 0.4) is 0 Å². The highest BCUT2D eigenvalue weighted by atomic mass is 32.1. The molecule has 0 bridgehead atoms. The largest absolute Gasteiger partial charge is 0.462 e. The number of carbonyl (C=O) groups is 1. The second kappa shape index (κ2) is 5.40. The molecular weight excluding hydrogens is 265 g/mol. The lowest BCUT2D eigenvalue weighted by Gasteiger charge is -2.06. The molecule has 1 aromatic heterocycles. The van der Waals surface area contributed by atoms with Crippen molar-refractivity contribution in [2.75, 3.05) is 12.3 Å². The van der Waals surface area contributed by atoms with E-state index in [2.05, 4.69) is 0 Å². The highest BCUT2D eigenvalue weighted by Gasteiger charge is 2.20. The van der Waals surface area contributed by atoms with Gasteiger partial charge in [0.1, 0.15) is 16.4 Å². The van der Waals surface area contributed by atoms with E-state index < -0.39 is 5.97 Å². The van der Waals surface area contributed by atoms with Crippen molar-refractivity contribution in [3.05, 3.63) is 40.5 Å². The molecule has 0 atom stereocenters. The smallest absolute Gasteiger partial charge is 0.341 e. The zero-order valence-electron chi connectivity index (χ0n) is 10.7. The van der Waals surface area contributed by atoms with E-state index in [0.29, 0.717) is 27.3 Å². The predicted molar refractivity (Wildman–Crippen MR) is 74.8 cm³/mol. The standard InChI is InChI=1S/C14H14FNO2S/c1-3-18-14(17)12-10(7-19-13(12)16)9-5-4-8(2)11(15)6-9/h4-7H,3,16H2,1-2H3. The number of esters is 1. The molecule has 5 heteroatoms. The molecule has 0 unspecified atom stereocenters. The average molecular weight is 279 g/mol. The molecule has 19 heavy (non-hydrogen) atoms. The van der Waals surface area contributed by atoms with Crippen molar-refractivity contribution in [1.82, 2.24) is 0 Å². The van der Waals surface area contributed by atoms with Crippen molar-refractivity contribution in [2.45, 2.75) is 13.8 Å². The van der Waals surface area contributed by atoms with Gasteiger partial charge in [0.25, 0.3) is 0 Å². The molecule has 0 aliphatic heterocycles. The van der Waals surface area contributed by atoms with Crippen molar-refractivity contribution in [3.63, 3.8) is 0 Å². The first-order valence-electron chi connectivity index (χ1n) is 5.85. The Labute approximate surface area is 114 Å². The third kappa shape index (κ3) is 2.61. The number of hydrogen-bond acceptors (Lipinski definition) is 4. The lowest BCUT2D eigenvalue weighted by molar-refractivity contribution is 0.0529. The summed E-state index contributed by atoms with van der Waals surface area (Å²) in [7, 11) is 0. The molecule has 0 saturated carbocycles. The molecule has 0 aliphatic carbocycles. The molecule has 3 nitrogen and oxygen atoms in total. The van der Waals surface area contributed by atoms with Crippen LogP contribution in [-0.4, -0.2) is 12.6 Å². The van der Waals surface area contributed by atoms with Crippen molar-refractivity contribution in [3.8, 4) is 11.1 Å². The second-order valence-electron chi connectivity index (χ2n) is 4.07. The van der Waals surface area contributed by atoms with Crippen LogP contribution in [0.4, 0.5) is 9.39 Å². The van der Waals surface area contributed by atoms with Gasteiger partial charge in [-0.25, -0.2) is 9.18 Å². The minimum absolute atomic E-state index is 0.274. The third-order valence-corrected chi connectivity index (χ3v) is 3.59. The lowest BCUT2D eigenvalue weighted by Crippen LogP contribution is -2.07. The van der Waals surface area contributed by atoms with Gasteiger partial charge in [0.2, 0.25) is 0 Å². The number of nitrogen functional groups attached to an aromatic ring is 1. The van der Waals surface area contributed by atoms with Crippen LogP contribution in [0.25, 0.3) is 11.1 Å². The second-order valence-corrected chi connectivity index (χ2v) is 4.98. The molecule has 1 heterocycles. The molecule has 0 saturated heterocycles. The van der Waals surface area contributed by atoms with Crippen LogP contribution >= 0.6 is 11.3 Å². The number of thiophene rings is 1. The molecule has 2 N–H and O–H groups in total. The number of aryl methyl sites for hydroxylation is 1. The van der Waals surface area contributed by atoms with Gasteiger partial charge in [-0.3, -0.25) is 0 Å². The summed E-state index contributed by atoms with van der Waals surface area (Å²) in [5.41, 5.74) is 7.91. The van der Waals surface area contributed by atoms with Gasteiger partial charge in [0.05, 0.1) is 6.61 Å². The molecule has 1 aromatic carbocycles. The molecular formula is C14H14FNO2S. The fourth-order valence-electron chi connectivity index (χ4n) is 1.76. The highest BCUT2D eigenvalue weighted by Crippen LogP contribution is 2.34. The minimum Gasteiger partial charge on any atom is -0.462 e. The summed E-state index contributed by atoms with van der Waals surface area (Å²) >= 11 is 1.24. The zero-order valence-corrected chi connectivity index (χ0v) is 11.5. The quantitative estimate of drug-likeness (QED) is 0.873. The Hall–Kier alpha value is -1.88. The number of ether oxygens (including phenoxy) is 1. The molecule has 2 aromatic rings. The van der Waals surface area contributed by atoms with Crippen LogP contribution in [0.15, 0.2) is 23.6 Å². The molecule has 2 rings (SSSR count). The van der Waals surface area contributed by atoms with Gasteiger partial charge >= 0.3 is 5.97 Å². The van der Waals surface area contributed by atoms with Gasteiger partial charge in [0, 0.05) is 10.9 Å². The Morgan fingerprint density at radius 1 is 1.47 bits per heavy atom. The van der Waals surface area contributed by atoms with Crippen LogP contribution in [-0.2, 0) is 4.74 Å². The fourth-order valence-corrected chi connectivity index (χ4v) is 2.57. The summed E-state index contributed by atoms with van der Waals surface area (Å²) in [5, 5.41) is 2.13. The van der Waals surface area contributed by atoms with Gasteiger partial charge in [-0.05, 0) is 31.0 Å². The Balaban J connectivity index is 2.50. The number of anilines is 1. The van der Waals surface area contributed by atoms with Gasteiger partial charge in [-0.1, -0.05) is 12.1 Å². The molecule has 0 aliphatic rings. The average Bonchev–Trinajstić information content (AvgIpc) is 2.75. The normalized spacial score (nSPS) is 10.5. The molecule has 0 radical (unpaired) electrons. The first kappa shape index (κ1) is 13.5. The molecule has 0 spiro atoms. The van der Waals surface area contributed by atoms with Crippen LogP contribution in [0, 0.1) is 12.7 Å². The van der Waals surface area contributed by atoms with E-state index in [1.807, 2.05) is 0 Å². The van der Waals surface area contributed by atoms with Crippen LogP contribution in [0.5, 0.6) is 0 Å². The summed E-state index contributed by atoms with van der Waals surface area (Å²) in [6.07, 6.45) is 0. The topological polar surface area (TPSA) is 52.3 Å². The van der Waals surface area contributed by atoms with E-state index in [0.717, 1.165) is 0 Å². The predicted octanol–water partition coefficient (Wildman–Crippen LogP) is 3.62. The van der Waals surface area contributed by atoms with Crippen LogP contribution in [0.2, 0.25) is 0 Å². The number of carbonyl (C=O) groups excluding carboxylic acids is 1. The Morgan fingerprint density at radius 3 is 2.84 bits per heavy atom. The molecule has 0 amide bonds. The fraction of sp³-hybridized carbons (Fsp3) is 0.214. The van der Waals surface area contributed by atoms with Crippen molar-refractivity contribution in [2.24, 2.45) is 0 Å². The van der Waals surface area contributed by atoms with Crippen LogP contribution < -0.4 is 5.73 Å². The Kier molecular flexibility index (Phi) is 3.85. The lowest BCUT2D eigenvalue weighted by atomic mass is 10.0. The van der Waals surface area contributed by atoms with E-state index in [1.165, 1.54) is 17.4 Å². The Bertz CT molecular complexity index is 622. The van der Waals surface area contributed by atoms with E-state index >= 15 is 0 Å². The summed E-state index contributed by atoms with van der Waals surface area (Å²) in [6, 6.07) is 4.84. The van der Waals surface area contributed by atoms with Gasteiger partial charge in [-0.2, -0.15) is 0 Å². The summed E-state index contributed by atoms with van der Waals surface area (Å²) in [4.78, 5) is 11.9. The highest BCUT2D eigenvalue weighted by molar-refractivity contribution is 7.14. The SMILES string of the molecule is CCOC(=O)c1c(-c2ccc(C)c(F)c2)csc1N. The minimum atomic E-state index is -0.475. The Morgan fingerprint density at radius 2 is 2.21 bits per heavy atom. The van der Waals surface area contributed by atoms with Crippen molar-refractivity contribution < 1.29 is 13.9 Å². The number of rotatable bonds is 3. The van der Waals surface area contributed by atoms with Crippen molar-refractivity contribution >= 4 is 22.3 Å². The molecule has 100 valence electrons. The number of nitrogens with two attached hydrogens (primary N) is 1. The zero-order chi connectivity index (χ0) is 14.0. The number of benzene rings is 1. The third-order valence-electron chi connectivity index (χ3n) is 2.78. The first-order chi connectivity index (χ1) is 9.04. The van der Waals surface area contributed by atoms with E-state index in [-0.39, 0.29) is 12.4 Å². The summed E-state index contributed by atoms with van der Waals surface area (Å²) < 4.78 is 18.6. The molecule has 0 fully saturated rings. The van der Waals surface area contributed by atoms with Gasteiger partial charge < -0.3 is 10.5 Å². The van der Waals surface area contributed by atoms with Gasteiger partial charge in [-0.15, -0.1) is 11.3 Å².